The molecule has 43 heavy (non-hydrogen) atoms. The van der Waals surface area contributed by atoms with Gasteiger partial charge >= 0.3 is 0 Å². The Balaban J connectivity index is 1.38. The van der Waals surface area contributed by atoms with Gasteiger partial charge in [0.05, 0.1) is 25.0 Å². The third-order valence-electron chi connectivity index (χ3n) is 8.41. The molecule has 9 nitrogen and oxygen atoms in total. The van der Waals surface area contributed by atoms with E-state index in [1.165, 1.54) is 23.1 Å². The Morgan fingerprint density at radius 3 is 2.53 bits per heavy atom. The van der Waals surface area contributed by atoms with Gasteiger partial charge in [-0.25, -0.2) is 13.2 Å². The van der Waals surface area contributed by atoms with Gasteiger partial charge in [0.1, 0.15) is 23.2 Å². The predicted molar refractivity (Wildman–Crippen MR) is 154 cm³/mol. The van der Waals surface area contributed by atoms with Crippen LogP contribution in [0.4, 0.5) is 18.9 Å². The second-order valence-corrected chi connectivity index (χ2v) is 11.7. The maximum absolute atomic E-state index is 15.3. The van der Waals surface area contributed by atoms with Crippen molar-refractivity contribution in [2.75, 3.05) is 18.5 Å². The van der Waals surface area contributed by atoms with Crippen LogP contribution in [0.15, 0.2) is 47.2 Å². The Kier molecular flexibility index (Phi) is 7.10. The van der Waals surface area contributed by atoms with Gasteiger partial charge < -0.3 is 15.4 Å². The molecule has 1 saturated carbocycles. The Labute approximate surface area is 246 Å². The quantitative estimate of drug-likeness (QED) is 0.391. The average molecular weight is 593 g/mol. The molecular weight excluding hydrogens is 561 g/mol. The molecule has 3 aromatic rings. The van der Waals surface area contributed by atoms with E-state index in [0.717, 1.165) is 23.8 Å². The lowest BCUT2D eigenvalue weighted by molar-refractivity contribution is -0.119. The number of carbonyl (C=O) groups excluding carboxylic acids is 2. The standard InChI is InChI=1S/C31H31F3N6O3/c1-15(2)40-23(5-8-37-40)29(41)39-27(25-20-9-18(32)10-22(34)28(20)43-14-31(25)6-7-31)30(42)38-19-11-21(33)26(36-13-19)24-16(3)12-35-17(24)4/h5,8-11,13,15,25,27H,6-7,12,14H2,1-4H3,(H,38,42)(H,39,41)/t25?,27-/m0/s1. The number of anilines is 1. The molecule has 2 N–H and O–H groups in total. The van der Waals surface area contributed by atoms with Crippen molar-refractivity contribution in [3.8, 4) is 5.75 Å². The van der Waals surface area contributed by atoms with Crippen molar-refractivity contribution in [3.63, 3.8) is 0 Å². The lowest BCUT2D eigenvalue weighted by Crippen LogP contribution is -2.52. The minimum atomic E-state index is -1.30. The van der Waals surface area contributed by atoms with Gasteiger partial charge in [-0.2, -0.15) is 5.10 Å². The zero-order chi connectivity index (χ0) is 30.6. The molecule has 1 fully saturated rings. The maximum atomic E-state index is 15.3. The summed E-state index contributed by atoms with van der Waals surface area (Å²) < 4.78 is 51.9. The van der Waals surface area contributed by atoms with E-state index in [9.17, 15) is 18.4 Å². The minimum Gasteiger partial charge on any atom is -0.490 e. The van der Waals surface area contributed by atoms with Crippen LogP contribution in [0.5, 0.6) is 5.75 Å². The monoisotopic (exact) mass is 592 g/mol. The van der Waals surface area contributed by atoms with Gasteiger partial charge in [0.2, 0.25) is 5.91 Å². The summed E-state index contributed by atoms with van der Waals surface area (Å²) in [5.74, 6) is -4.64. The summed E-state index contributed by atoms with van der Waals surface area (Å²) in [5.41, 5.74) is 2.11. The number of nitrogens with zero attached hydrogens (tertiary/aromatic N) is 4. The van der Waals surface area contributed by atoms with E-state index >= 15 is 4.39 Å². The highest BCUT2D eigenvalue weighted by molar-refractivity contribution is 6.24. The number of carbonyl (C=O) groups is 2. The highest BCUT2D eigenvalue weighted by Crippen LogP contribution is 2.61. The number of amides is 2. The van der Waals surface area contributed by atoms with E-state index in [0.29, 0.717) is 30.7 Å². The van der Waals surface area contributed by atoms with Crippen molar-refractivity contribution < 1.29 is 27.5 Å². The van der Waals surface area contributed by atoms with Crippen LogP contribution in [0.25, 0.3) is 5.57 Å². The largest absolute Gasteiger partial charge is 0.490 e. The van der Waals surface area contributed by atoms with Crippen molar-refractivity contribution in [2.24, 2.45) is 10.4 Å². The van der Waals surface area contributed by atoms with E-state index in [4.69, 9.17) is 4.74 Å². The van der Waals surface area contributed by atoms with Crippen LogP contribution in [0.2, 0.25) is 0 Å². The molecule has 2 atom stereocenters. The fourth-order valence-electron chi connectivity index (χ4n) is 6.16. The Morgan fingerprint density at radius 1 is 1.12 bits per heavy atom. The maximum Gasteiger partial charge on any atom is 0.270 e. The fraction of sp³-hybridized carbons (Fsp3) is 0.387. The summed E-state index contributed by atoms with van der Waals surface area (Å²) in [6.07, 6.45) is 4.06. The summed E-state index contributed by atoms with van der Waals surface area (Å²) in [7, 11) is 0. The van der Waals surface area contributed by atoms with E-state index in [1.807, 2.05) is 20.8 Å². The Morgan fingerprint density at radius 2 is 1.88 bits per heavy atom. The molecule has 4 heterocycles. The summed E-state index contributed by atoms with van der Waals surface area (Å²) >= 11 is 0. The van der Waals surface area contributed by atoms with Crippen molar-refractivity contribution in [2.45, 2.75) is 58.5 Å². The first-order valence-electron chi connectivity index (χ1n) is 14.1. The number of benzene rings is 1. The molecule has 0 bridgehead atoms. The van der Waals surface area contributed by atoms with E-state index in [2.05, 4.69) is 25.7 Å². The molecule has 0 saturated heterocycles. The molecule has 1 aliphatic carbocycles. The number of allylic oxidation sites excluding steroid dienone is 1. The smallest absolute Gasteiger partial charge is 0.270 e. The number of halogens is 3. The van der Waals surface area contributed by atoms with Gasteiger partial charge in [-0.1, -0.05) is 0 Å². The Hall–Kier alpha value is -4.48. The number of rotatable bonds is 7. The average Bonchev–Trinajstić information content (AvgIpc) is 3.37. The number of hydrogen-bond donors (Lipinski definition) is 2. The Bertz CT molecular complexity index is 1710. The van der Waals surface area contributed by atoms with Crippen molar-refractivity contribution >= 4 is 28.8 Å². The molecular formula is C31H31F3N6O3. The van der Waals surface area contributed by atoms with Crippen LogP contribution in [0, 0.1) is 22.9 Å². The van der Waals surface area contributed by atoms with Gasteiger partial charge in [0, 0.05) is 52.6 Å². The molecule has 1 aromatic carbocycles. The number of aliphatic imine (C=N–C) groups is 1. The van der Waals surface area contributed by atoms with Crippen LogP contribution in [-0.4, -0.2) is 51.5 Å². The third-order valence-corrected chi connectivity index (χ3v) is 8.41. The van der Waals surface area contributed by atoms with Crippen LogP contribution in [0.3, 0.4) is 0 Å². The summed E-state index contributed by atoms with van der Waals surface area (Å²) in [4.78, 5) is 36.2. The van der Waals surface area contributed by atoms with Crippen LogP contribution in [0.1, 0.15) is 74.2 Å². The molecule has 2 amide bonds. The summed E-state index contributed by atoms with van der Waals surface area (Å²) in [6.45, 7) is 7.91. The SMILES string of the molecule is CC1=NCC(C)=C1c1ncc(NC(=O)[C@@H](NC(=O)c2ccnn2C(C)C)C2c3cc(F)cc(F)c3OCC23CC3)cc1F. The summed E-state index contributed by atoms with van der Waals surface area (Å²) in [6, 6.07) is 3.10. The second kappa shape index (κ2) is 10.7. The molecule has 2 aliphatic heterocycles. The lowest BCUT2D eigenvalue weighted by Gasteiger charge is -2.38. The van der Waals surface area contributed by atoms with Crippen molar-refractivity contribution in [1.82, 2.24) is 20.1 Å². The molecule has 12 heteroatoms. The van der Waals surface area contributed by atoms with E-state index < -0.39 is 46.6 Å². The topological polar surface area (TPSA) is 110 Å². The van der Waals surface area contributed by atoms with E-state index in [1.54, 1.807) is 6.92 Å². The number of hydrogen-bond acceptors (Lipinski definition) is 6. The number of pyridine rings is 1. The van der Waals surface area contributed by atoms with Gasteiger partial charge in [-0.3, -0.25) is 24.2 Å². The van der Waals surface area contributed by atoms with Crippen LogP contribution < -0.4 is 15.4 Å². The van der Waals surface area contributed by atoms with E-state index in [-0.39, 0.29) is 41.0 Å². The predicted octanol–water partition coefficient (Wildman–Crippen LogP) is 5.22. The highest BCUT2D eigenvalue weighted by atomic mass is 19.1. The molecule has 1 spiro atoms. The lowest BCUT2D eigenvalue weighted by atomic mass is 9.75. The molecule has 3 aliphatic rings. The van der Waals surface area contributed by atoms with Crippen LogP contribution >= 0.6 is 0 Å². The second-order valence-electron chi connectivity index (χ2n) is 11.7. The molecule has 1 unspecified atom stereocenters. The first kappa shape index (κ1) is 28.6. The normalized spacial score (nSPS) is 19.2. The third kappa shape index (κ3) is 5.08. The van der Waals surface area contributed by atoms with Gasteiger partial charge in [-0.15, -0.1) is 0 Å². The number of ether oxygens (including phenoxy) is 1. The number of nitrogens with one attached hydrogen (secondary N) is 2. The minimum absolute atomic E-state index is 0.0612. The van der Waals surface area contributed by atoms with Crippen molar-refractivity contribution in [3.05, 3.63) is 76.6 Å². The number of aromatic nitrogens is 3. The zero-order valence-corrected chi connectivity index (χ0v) is 24.2. The fourth-order valence-corrected chi connectivity index (χ4v) is 6.16. The van der Waals surface area contributed by atoms with Gasteiger partial charge in [-0.05, 0) is 58.2 Å². The molecule has 2 aromatic heterocycles. The molecule has 224 valence electrons. The zero-order valence-electron chi connectivity index (χ0n) is 24.2. The molecule has 0 radical (unpaired) electrons. The number of fused-ring (bicyclic) bond motifs is 1. The molecule has 6 rings (SSSR count). The summed E-state index contributed by atoms with van der Waals surface area (Å²) in [5, 5.41) is 9.70. The first-order valence-corrected chi connectivity index (χ1v) is 14.1. The van der Waals surface area contributed by atoms with Crippen LogP contribution in [-0.2, 0) is 4.79 Å². The first-order chi connectivity index (χ1) is 20.5. The van der Waals surface area contributed by atoms with Gasteiger partial charge in [0.15, 0.2) is 17.4 Å². The highest BCUT2D eigenvalue weighted by Gasteiger charge is 2.58. The van der Waals surface area contributed by atoms with Gasteiger partial charge in [0.25, 0.3) is 5.91 Å². The van der Waals surface area contributed by atoms with Crippen molar-refractivity contribution in [1.29, 1.82) is 0 Å².